The van der Waals surface area contributed by atoms with Crippen LogP contribution in [0.2, 0.25) is 10.0 Å². The molecule has 0 radical (unpaired) electrons. The Morgan fingerprint density at radius 1 is 1.26 bits per heavy atom. The van der Waals surface area contributed by atoms with Crippen LogP contribution in [0.25, 0.3) is 0 Å². The lowest BCUT2D eigenvalue weighted by Crippen LogP contribution is -2.18. The minimum atomic E-state index is -4.85. The first-order valence-electron chi connectivity index (χ1n) is 5.97. The Kier molecular flexibility index (Phi) is 4.96. The van der Waals surface area contributed by atoms with E-state index in [9.17, 15) is 18.0 Å². The number of rotatable bonds is 3. The van der Waals surface area contributed by atoms with Crippen molar-refractivity contribution in [1.82, 2.24) is 9.97 Å². The normalized spacial score (nSPS) is 11.2. The third-order valence-electron chi connectivity index (χ3n) is 2.64. The van der Waals surface area contributed by atoms with Gasteiger partial charge in [-0.1, -0.05) is 23.2 Å². The van der Waals surface area contributed by atoms with Gasteiger partial charge < -0.3 is 10.1 Å². The maximum absolute atomic E-state index is 13.0. The van der Waals surface area contributed by atoms with Gasteiger partial charge in [0.1, 0.15) is 5.56 Å². The number of methoxy groups -OCH3 is 1. The Bertz CT molecular complexity index is 754. The van der Waals surface area contributed by atoms with Crippen molar-refractivity contribution >= 4 is 40.8 Å². The molecule has 0 spiro atoms. The summed E-state index contributed by atoms with van der Waals surface area (Å²) >= 11 is 11.6. The predicted molar refractivity (Wildman–Crippen MR) is 78.1 cm³/mol. The smallest absolute Gasteiger partial charge is 0.434 e. The molecular weight excluding hydrogens is 358 g/mol. The number of nitrogens with one attached hydrogen (secondary N) is 1. The maximum atomic E-state index is 13.0. The second kappa shape index (κ2) is 6.59. The van der Waals surface area contributed by atoms with Gasteiger partial charge in [-0.25, -0.2) is 14.8 Å². The van der Waals surface area contributed by atoms with Crippen LogP contribution in [0.3, 0.4) is 0 Å². The maximum Gasteiger partial charge on any atom is 0.434 e. The molecule has 23 heavy (non-hydrogen) atoms. The van der Waals surface area contributed by atoms with Crippen LogP contribution in [-0.4, -0.2) is 23.0 Å². The van der Waals surface area contributed by atoms with Crippen LogP contribution in [-0.2, 0) is 10.9 Å². The average Bonchev–Trinajstić information content (AvgIpc) is 2.49. The Hall–Kier alpha value is -2.06. The molecule has 0 aliphatic heterocycles. The number of carbonyl (C=O) groups is 1. The number of esters is 1. The molecule has 0 saturated heterocycles. The van der Waals surface area contributed by atoms with Crippen LogP contribution in [0.15, 0.2) is 24.4 Å². The number of carbonyl (C=O) groups excluding carboxylic acids is 1. The number of benzene rings is 1. The molecule has 10 heteroatoms. The molecule has 0 unspecified atom stereocenters. The van der Waals surface area contributed by atoms with Crippen LogP contribution in [0.1, 0.15) is 16.1 Å². The van der Waals surface area contributed by atoms with Crippen molar-refractivity contribution < 1.29 is 22.7 Å². The van der Waals surface area contributed by atoms with E-state index >= 15 is 0 Å². The molecule has 1 aromatic heterocycles. The summed E-state index contributed by atoms with van der Waals surface area (Å²) in [5, 5.41) is 3.05. The summed E-state index contributed by atoms with van der Waals surface area (Å²) in [7, 11) is 0.963. The number of hydrogen-bond acceptors (Lipinski definition) is 5. The van der Waals surface area contributed by atoms with E-state index in [1.807, 2.05) is 0 Å². The van der Waals surface area contributed by atoms with Crippen LogP contribution in [0.5, 0.6) is 0 Å². The molecular formula is C13H8Cl2F3N3O2. The van der Waals surface area contributed by atoms with Gasteiger partial charge in [0.25, 0.3) is 0 Å². The lowest BCUT2D eigenvalue weighted by Gasteiger charge is -2.12. The van der Waals surface area contributed by atoms with E-state index in [1.165, 1.54) is 18.2 Å². The van der Waals surface area contributed by atoms with Gasteiger partial charge in [0.05, 0.1) is 17.2 Å². The minimum absolute atomic E-state index is 0.207. The van der Waals surface area contributed by atoms with E-state index in [0.29, 0.717) is 5.69 Å². The summed E-state index contributed by atoms with van der Waals surface area (Å²) in [6, 6.07) is 4.34. The largest absolute Gasteiger partial charge is 0.465 e. The molecule has 1 aromatic carbocycles. The fourth-order valence-corrected chi connectivity index (χ4v) is 1.92. The highest BCUT2D eigenvalue weighted by atomic mass is 35.5. The Labute approximate surface area is 138 Å². The summed E-state index contributed by atoms with van der Waals surface area (Å²) in [6.07, 6.45) is -4.11. The van der Waals surface area contributed by atoms with Crippen molar-refractivity contribution in [3.63, 3.8) is 0 Å². The number of ether oxygens (including phenoxy) is 1. The minimum Gasteiger partial charge on any atom is -0.465 e. The monoisotopic (exact) mass is 365 g/mol. The first-order valence-corrected chi connectivity index (χ1v) is 6.72. The summed E-state index contributed by atoms with van der Waals surface area (Å²) in [4.78, 5) is 18.4. The molecule has 0 saturated carbocycles. The zero-order valence-corrected chi connectivity index (χ0v) is 12.9. The van der Waals surface area contributed by atoms with Gasteiger partial charge in [0.2, 0.25) is 5.95 Å². The molecule has 2 rings (SSSR count). The predicted octanol–water partition coefficient (Wildman–Crippen LogP) is 4.33. The van der Waals surface area contributed by atoms with E-state index < -0.39 is 23.4 Å². The quantitative estimate of drug-likeness (QED) is 0.820. The van der Waals surface area contributed by atoms with Crippen LogP contribution in [0, 0.1) is 0 Å². The second-order valence-corrected chi connectivity index (χ2v) is 5.01. The van der Waals surface area contributed by atoms with Gasteiger partial charge in [-0.15, -0.1) is 0 Å². The summed E-state index contributed by atoms with van der Waals surface area (Å²) in [5.41, 5.74) is -1.85. The Morgan fingerprint density at radius 2 is 1.96 bits per heavy atom. The molecule has 0 atom stereocenters. The summed E-state index contributed by atoms with van der Waals surface area (Å²) < 4.78 is 43.3. The highest BCUT2D eigenvalue weighted by molar-refractivity contribution is 6.42. The summed E-state index contributed by atoms with van der Waals surface area (Å²) in [6.45, 7) is 0. The number of anilines is 2. The van der Waals surface area contributed by atoms with Gasteiger partial charge in [-0.2, -0.15) is 13.2 Å². The average molecular weight is 366 g/mol. The van der Waals surface area contributed by atoms with E-state index in [2.05, 4.69) is 20.0 Å². The van der Waals surface area contributed by atoms with E-state index in [0.717, 1.165) is 13.3 Å². The first-order chi connectivity index (χ1) is 10.7. The van der Waals surface area contributed by atoms with Crippen LogP contribution in [0.4, 0.5) is 24.8 Å². The molecule has 0 aliphatic rings. The first kappa shape index (κ1) is 17.3. The Balaban J connectivity index is 2.40. The fourth-order valence-electron chi connectivity index (χ4n) is 1.62. The van der Waals surface area contributed by atoms with E-state index in [-0.39, 0.29) is 16.0 Å². The van der Waals surface area contributed by atoms with Gasteiger partial charge in [0, 0.05) is 11.9 Å². The third-order valence-corrected chi connectivity index (χ3v) is 3.38. The standard InChI is InChI=1S/C13H8Cl2F3N3O2/c1-23-11(22)7-5-19-12(21-10(7)13(16,17)18)20-6-2-3-8(14)9(15)4-6/h2-5H,1H3,(H,19,20,21). The van der Waals surface area contributed by atoms with Gasteiger partial charge in [-0.3, -0.25) is 0 Å². The SMILES string of the molecule is COC(=O)c1cnc(Nc2ccc(Cl)c(Cl)c2)nc1C(F)(F)F. The number of halogens is 5. The van der Waals surface area contributed by atoms with E-state index in [4.69, 9.17) is 23.2 Å². The van der Waals surface area contributed by atoms with Crippen molar-refractivity contribution in [2.45, 2.75) is 6.18 Å². The highest BCUT2D eigenvalue weighted by Gasteiger charge is 2.38. The molecule has 122 valence electrons. The van der Waals surface area contributed by atoms with Crippen molar-refractivity contribution in [3.05, 3.63) is 45.7 Å². The zero-order chi connectivity index (χ0) is 17.2. The third kappa shape index (κ3) is 4.02. The molecule has 5 nitrogen and oxygen atoms in total. The zero-order valence-electron chi connectivity index (χ0n) is 11.4. The molecule has 0 bridgehead atoms. The van der Waals surface area contributed by atoms with E-state index in [1.54, 1.807) is 0 Å². The van der Waals surface area contributed by atoms with Crippen LogP contribution >= 0.6 is 23.2 Å². The molecule has 0 aliphatic carbocycles. The fraction of sp³-hybridized carbons (Fsp3) is 0.154. The van der Waals surface area contributed by atoms with Crippen molar-refractivity contribution in [1.29, 1.82) is 0 Å². The van der Waals surface area contributed by atoms with Gasteiger partial charge in [-0.05, 0) is 18.2 Å². The van der Waals surface area contributed by atoms with Gasteiger partial charge in [0.15, 0.2) is 5.69 Å². The van der Waals surface area contributed by atoms with Crippen LogP contribution < -0.4 is 5.32 Å². The van der Waals surface area contributed by atoms with Crippen molar-refractivity contribution in [2.24, 2.45) is 0 Å². The summed E-state index contributed by atoms with van der Waals surface area (Å²) in [5.74, 6) is -1.54. The molecule has 1 heterocycles. The molecule has 0 amide bonds. The number of alkyl halides is 3. The number of aromatic nitrogens is 2. The van der Waals surface area contributed by atoms with Crippen molar-refractivity contribution in [3.8, 4) is 0 Å². The lowest BCUT2D eigenvalue weighted by molar-refractivity contribution is -0.141. The molecule has 0 fully saturated rings. The molecule has 2 aromatic rings. The lowest BCUT2D eigenvalue weighted by atomic mass is 10.2. The number of nitrogens with zero attached hydrogens (tertiary/aromatic N) is 2. The molecule has 1 N–H and O–H groups in total. The second-order valence-electron chi connectivity index (χ2n) is 4.20. The van der Waals surface area contributed by atoms with Crippen molar-refractivity contribution in [2.75, 3.05) is 12.4 Å². The number of hydrogen-bond donors (Lipinski definition) is 1. The Morgan fingerprint density at radius 3 is 2.52 bits per heavy atom. The van der Waals surface area contributed by atoms with Gasteiger partial charge >= 0.3 is 12.1 Å². The topological polar surface area (TPSA) is 64.1 Å². The highest BCUT2D eigenvalue weighted by Crippen LogP contribution is 2.32.